The fraction of sp³-hybridized carbons (Fsp3) is 0.353. The molecule has 3 rings (SSSR count). The van der Waals surface area contributed by atoms with E-state index >= 15 is 0 Å². The van der Waals surface area contributed by atoms with Gasteiger partial charge in [0.1, 0.15) is 11.9 Å². The number of urea groups is 1. The molecule has 1 aliphatic heterocycles. The molecule has 1 atom stereocenters. The van der Waals surface area contributed by atoms with Crippen molar-refractivity contribution in [3.63, 3.8) is 0 Å². The first-order chi connectivity index (χ1) is 11.2. The normalized spacial score (nSPS) is 17.0. The Labute approximate surface area is 143 Å². The molecule has 1 unspecified atom stereocenters. The van der Waals surface area contributed by atoms with Crippen molar-refractivity contribution in [2.24, 2.45) is 0 Å². The molecule has 6 heteroatoms. The number of hydrogen-bond acceptors (Lipinski definition) is 1. The van der Waals surface area contributed by atoms with Crippen LogP contribution in [0.4, 0.5) is 9.18 Å². The van der Waals surface area contributed by atoms with Gasteiger partial charge in [0.15, 0.2) is 0 Å². The smallest absolute Gasteiger partial charge is 0.318 e. The number of nitrogens with zero attached hydrogens (tertiary/aromatic N) is 2. The molecule has 0 radical (unpaired) electrons. The summed E-state index contributed by atoms with van der Waals surface area (Å²) >= 11 is 3.35. The van der Waals surface area contributed by atoms with Crippen LogP contribution in [0.1, 0.15) is 23.7 Å². The lowest BCUT2D eigenvalue weighted by atomic mass is 9.99. The number of benzene rings is 1. The largest absolute Gasteiger partial charge is 0.348 e. The third-order valence-corrected chi connectivity index (χ3v) is 4.65. The van der Waals surface area contributed by atoms with Gasteiger partial charge in [0.25, 0.3) is 0 Å². The first-order valence-corrected chi connectivity index (χ1v) is 8.84. The van der Waals surface area contributed by atoms with Crippen LogP contribution in [0.3, 0.4) is 0 Å². The summed E-state index contributed by atoms with van der Waals surface area (Å²) in [6, 6.07) is 10.0. The van der Waals surface area contributed by atoms with Crippen molar-refractivity contribution in [1.82, 2.24) is 14.8 Å². The van der Waals surface area contributed by atoms with Gasteiger partial charge in [-0.2, -0.15) is 0 Å². The average molecular weight is 380 g/mol. The number of amides is 2. The number of carbonyl (C=O) groups is 1. The Balaban J connectivity index is 1.93. The average Bonchev–Trinajstić information content (AvgIpc) is 3.03. The lowest BCUT2D eigenvalue weighted by Gasteiger charge is -2.37. The van der Waals surface area contributed by atoms with Crippen molar-refractivity contribution in [3.8, 4) is 0 Å². The van der Waals surface area contributed by atoms with Gasteiger partial charge in [0.2, 0.25) is 0 Å². The quantitative estimate of drug-likeness (QED) is 0.640. The van der Waals surface area contributed by atoms with Gasteiger partial charge < -0.3 is 14.8 Å². The molecule has 0 fully saturated rings. The molecule has 0 saturated carbocycles. The van der Waals surface area contributed by atoms with Crippen LogP contribution in [-0.2, 0) is 6.54 Å². The van der Waals surface area contributed by atoms with Crippen LogP contribution in [0.15, 0.2) is 42.6 Å². The van der Waals surface area contributed by atoms with Crippen LogP contribution in [0, 0.1) is 5.82 Å². The van der Waals surface area contributed by atoms with Crippen molar-refractivity contribution in [2.75, 3.05) is 18.4 Å². The SMILES string of the molecule is O=C(NCCCBr)N1CCn2cccc2C1c1ccccc1F. The van der Waals surface area contributed by atoms with Crippen molar-refractivity contribution in [2.45, 2.75) is 19.0 Å². The maximum Gasteiger partial charge on any atom is 0.318 e. The summed E-state index contributed by atoms with van der Waals surface area (Å²) in [6.07, 6.45) is 2.84. The highest BCUT2D eigenvalue weighted by atomic mass is 79.9. The number of nitrogens with one attached hydrogen (secondary N) is 1. The first-order valence-electron chi connectivity index (χ1n) is 7.72. The van der Waals surface area contributed by atoms with Crippen molar-refractivity contribution in [3.05, 3.63) is 59.7 Å². The van der Waals surface area contributed by atoms with Gasteiger partial charge in [-0.25, -0.2) is 9.18 Å². The lowest BCUT2D eigenvalue weighted by Crippen LogP contribution is -2.47. The number of halogens is 2. The summed E-state index contributed by atoms with van der Waals surface area (Å²) in [5.74, 6) is -0.287. The van der Waals surface area contributed by atoms with Crippen LogP contribution in [0.25, 0.3) is 0 Å². The minimum atomic E-state index is -0.399. The number of carbonyl (C=O) groups excluding carboxylic acids is 1. The van der Waals surface area contributed by atoms with E-state index in [1.165, 1.54) is 6.07 Å². The molecule has 0 aliphatic carbocycles. The maximum absolute atomic E-state index is 14.3. The van der Waals surface area contributed by atoms with Gasteiger partial charge in [-0.05, 0) is 24.6 Å². The molecule has 122 valence electrons. The zero-order valence-electron chi connectivity index (χ0n) is 12.7. The zero-order valence-corrected chi connectivity index (χ0v) is 14.3. The van der Waals surface area contributed by atoms with Crippen LogP contribution < -0.4 is 5.32 Å². The number of rotatable bonds is 4. The van der Waals surface area contributed by atoms with Gasteiger partial charge in [0, 0.05) is 42.4 Å². The molecule has 1 aromatic carbocycles. The van der Waals surface area contributed by atoms with E-state index in [2.05, 4.69) is 25.8 Å². The minimum absolute atomic E-state index is 0.147. The monoisotopic (exact) mass is 379 g/mol. The van der Waals surface area contributed by atoms with Gasteiger partial charge >= 0.3 is 6.03 Å². The second kappa shape index (κ2) is 7.17. The highest BCUT2D eigenvalue weighted by Crippen LogP contribution is 2.33. The Kier molecular flexibility index (Phi) is 5.00. The fourth-order valence-corrected chi connectivity index (χ4v) is 3.27. The van der Waals surface area contributed by atoms with Crippen LogP contribution in [0.5, 0.6) is 0 Å². The Morgan fingerprint density at radius 1 is 1.26 bits per heavy atom. The van der Waals surface area contributed by atoms with E-state index in [9.17, 15) is 9.18 Å². The van der Waals surface area contributed by atoms with E-state index < -0.39 is 6.04 Å². The van der Waals surface area contributed by atoms with Gasteiger partial charge in [-0.15, -0.1) is 0 Å². The Bertz CT molecular complexity index is 688. The summed E-state index contributed by atoms with van der Waals surface area (Å²) in [6.45, 7) is 1.88. The number of hydrogen-bond donors (Lipinski definition) is 1. The molecule has 1 aromatic heterocycles. The molecule has 4 nitrogen and oxygen atoms in total. The van der Waals surface area contributed by atoms with E-state index in [1.807, 2.05) is 18.3 Å². The molecule has 23 heavy (non-hydrogen) atoms. The summed E-state index contributed by atoms with van der Waals surface area (Å²) in [5, 5.41) is 3.76. The third-order valence-electron chi connectivity index (χ3n) is 4.09. The molecule has 1 aliphatic rings. The number of fused-ring (bicyclic) bond motifs is 1. The van der Waals surface area contributed by atoms with Crippen molar-refractivity contribution < 1.29 is 9.18 Å². The second-order valence-electron chi connectivity index (χ2n) is 5.52. The molecule has 0 spiro atoms. The molecule has 2 amide bonds. The van der Waals surface area contributed by atoms with Gasteiger partial charge in [0.05, 0.1) is 0 Å². The minimum Gasteiger partial charge on any atom is -0.348 e. The predicted octanol–water partition coefficient (Wildman–Crippen LogP) is 3.53. The van der Waals surface area contributed by atoms with Crippen molar-refractivity contribution >= 4 is 22.0 Å². The van der Waals surface area contributed by atoms with E-state index in [0.717, 1.165) is 24.0 Å². The maximum atomic E-state index is 14.3. The van der Waals surface area contributed by atoms with E-state index in [1.54, 1.807) is 23.1 Å². The summed E-state index contributed by atoms with van der Waals surface area (Å²) in [5.41, 5.74) is 1.47. The lowest BCUT2D eigenvalue weighted by molar-refractivity contribution is 0.167. The molecule has 0 bridgehead atoms. The Morgan fingerprint density at radius 2 is 2.09 bits per heavy atom. The molecular weight excluding hydrogens is 361 g/mol. The predicted molar refractivity (Wildman–Crippen MR) is 91.2 cm³/mol. The van der Waals surface area contributed by atoms with Gasteiger partial charge in [-0.3, -0.25) is 0 Å². The van der Waals surface area contributed by atoms with Crippen molar-refractivity contribution in [1.29, 1.82) is 0 Å². The van der Waals surface area contributed by atoms with E-state index in [0.29, 0.717) is 18.7 Å². The zero-order chi connectivity index (χ0) is 16.2. The highest BCUT2D eigenvalue weighted by molar-refractivity contribution is 9.09. The summed E-state index contributed by atoms with van der Waals surface area (Å²) in [4.78, 5) is 14.3. The Hall–Kier alpha value is -1.82. The highest BCUT2D eigenvalue weighted by Gasteiger charge is 2.33. The van der Waals surface area contributed by atoms with E-state index in [-0.39, 0.29) is 11.8 Å². The summed E-state index contributed by atoms with van der Waals surface area (Å²) in [7, 11) is 0. The fourth-order valence-electron chi connectivity index (χ4n) is 2.99. The molecule has 2 aromatic rings. The van der Waals surface area contributed by atoms with Gasteiger partial charge in [-0.1, -0.05) is 34.1 Å². The van der Waals surface area contributed by atoms with E-state index in [4.69, 9.17) is 0 Å². The summed E-state index contributed by atoms with van der Waals surface area (Å²) < 4.78 is 16.4. The molecular formula is C17H19BrFN3O. The topological polar surface area (TPSA) is 37.3 Å². The molecule has 1 N–H and O–H groups in total. The standard InChI is InChI=1S/C17H19BrFN3O/c18-8-4-9-20-17(23)22-12-11-21-10-3-7-15(21)16(22)13-5-1-2-6-14(13)19/h1-3,5-7,10,16H,4,8-9,11-12H2,(H,20,23). The van der Waals surface area contributed by atoms with Crippen LogP contribution in [-0.4, -0.2) is 33.9 Å². The number of aromatic nitrogens is 1. The molecule has 0 saturated heterocycles. The molecule has 2 heterocycles. The first kappa shape index (κ1) is 16.1. The second-order valence-corrected chi connectivity index (χ2v) is 6.31. The Morgan fingerprint density at radius 3 is 2.87 bits per heavy atom. The number of alkyl halides is 1. The third kappa shape index (κ3) is 3.27. The van der Waals surface area contributed by atoms with Crippen LogP contribution in [0.2, 0.25) is 0 Å². The van der Waals surface area contributed by atoms with Crippen LogP contribution >= 0.6 is 15.9 Å².